The average Bonchev–Trinajstić information content (AvgIpc) is 2.76. The van der Waals surface area contributed by atoms with Crippen LogP contribution in [0, 0.1) is 5.82 Å². The van der Waals surface area contributed by atoms with Crippen LogP contribution in [0.15, 0.2) is 30.6 Å². The van der Waals surface area contributed by atoms with Gasteiger partial charge in [0.25, 0.3) is 0 Å². The maximum absolute atomic E-state index is 13.0. The summed E-state index contributed by atoms with van der Waals surface area (Å²) in [5.74, 6) is -0.347. The summed E-state index contributed by atoms with van der Waals surface area (Å²) in [4.78, 5) is 6.14. The fraction of sp³-hybridized carbons (Fsp3) is 0.250. The van der Waals surface area contributed by atoms with E-state index in [0.29, 0.717) is 5.56 Å². The van der Waals surface area contributed by atoms with E-state index in [9.17, 15) is 4.39 Å². The molecule has 1 atom stereocenters. The van der Waals surface area contributed by atoms with Crippen LogP contribution in [0.4, 0.5) is 4.39 Å². The molecule has 4 heteroatoms. The Balaban J connectivity index is 2.27. The Morgan fingerprint density at radius 1 is 1.44 bits per heavy atom. The number of aryl methyl sites for hydroxylation is 1. The Labute approximate surface area is 97.9 Å². The second-order valence-corrected chi connectivity index (χ2v) is 4.77. The van der Waals surface area contributed by atoms with Gasteiger partial charge in [0.2, 0.25) is 0 Å². The first-order valence-corrected chi connectivity index (χ1v) is 5.97. The molecule has 0 aliphatic carbocycles. The summed E-state index contributed by atoms with van der Waals surface area (Å²) in [6.45, 7) is 2.10. The molecule has 0 radical (unpaired) electrons. The van der Waals surface area contributed by atoms with Gasteiger partial charge in [0, 0.05) is 16.0 Å². The number of nitrogens with zero attached hydrogens (tertiary/aromatic N) is 1. The predicted molar refractivity (Wildman–Crippen MR) is 63.9 cm³/mol. The smallest absolute Gasteiger partial charge is 0.141 e. The van der Waals surface area contributed by atoms with Gasteiger partial charge in [-0.25, -0.2) is 4.39 Å². The Kier molecular flexibility index (Phi) is 3.31. The second-order valence-electron chi connectivity index (χ2n) is 3.57. The van der Waals surface area contributed by atoms with Gasteiger partial charge in [-0.2, -0.15) is 0 Å². The number of pyridine rings is 1. The average molecular weight is 236 g/mol. The number of thiophene rings is 1. The van der Waals surface area contributed by atoms with E-state index in [1.807, 2.05) is 6.07 Å². The highest BCUT2D eigenvalue weighted by atomic mass is 32.1. The topological polar surface area (TPSA) is 38.9 Å². The third-order valence-corrected chi connectivity index (χ3v) is 3.74. The molecule has 2 aromatic rings. The second kappa shape index (κ2) is 4.72. The van der Waals surface area contributed by atoms with Crippen LogP contribution in [0.2, 0.25) is 0 Å². The van der Waals surface area contributed by atoms with Gasteiger partial charge in [0.1, 0.15) is 5.82 Å². The Morgan fingerprint density at radius 3 is 2.88 bits per heavy atom. The van der Waals surface area contributed by atoms with Crippen molar-refractivity contribution in [3.8, 4) is 0 Å². The maximum atomic E-state index is 13.0. The number of hydrogen-bond donors (Lipinski definition) is 1. The third-order valence-electron chi connectivity index (χ3n) is 2.42. The SMILES string of the molecule is CCc1ccc(C(N)c2cncc(F)c2)s1. The maximum Gasteiger partial charge on any atom is 0.141 e. The molecule has 0 aliphatic rings. The van der Waals surface area contributed by atoms with Gasteiger partial charge in [-0.15, -0.1) is 11.3 Å². The van der Waals surface area contributed by atoms with Gasteiger partial charge >= 0.3 is 0 Å². The lowest BCUT2D eigenvalue weighted by Gasteiger charge is -2.09. The van der Waals surface area contributed by atoms with E-state index in [1.54, 1.807) is 17.5 Å². The zero-order valence-corrected chi connectivity index (χ0v) is 9.80. The highest BCUT2D eigenvalue weighted by molar-refractivity contribution is 7.12. The van der Waals surface area contributed by atoms with Gasteiger partial charge in [-0.3, -0.25) is 4.98 Å². The third kappa shape index (κ3) is 2.28. The van der Waals surface area contributed by atoms with Crippen molar-refractivity contribution in [1.29, 1.82) is 0 Å². The van der Waals surface area contributed by atoms with Gasteiger partial charge < -0.3 is 5.73 Å². The Hall–Kier alpha value is -1.26. The normalized spacial score (nSPS) is 12.7. The molecular weight excluding hydrogens is 223 g/mol. The number of aromatic nitrogens is 1. The first-order valence-electron chi connectivity index (χ1n) is 5.15. The number of rotatable bonds is 3. The number of halogens is 1. The molecule has 0 bridgehead atoms. The molecule has 2 nitrogen and oxygen atoms in total. The molecule has 0 aliphatic heterocycles. The minimum atomic E-state index is -0.347. The van der Waals surface area contributed by atoms with Crippen LogP contribution in [-0.4, -0.2) is 4.98 Å². The fourth-order valence-electron chi connectivity index (χ4n) is 1.51. The van der Waals surface area contributed by atoms with Gasteiger partial charge in [-0.05, 0) is 30.2 Å². The summed E-state index contributed by atoms with van der Waals surface area (Å²) < 4.78 is 13.0. The van der Waals surface area contributed by atoms with Crippen molar-refractivity contribution in [3.05, 3.63) is 51.7 Å². The van der Waals surface area contributed by atoms with E-state index in [-0.39, 0.29) is 11.9 Å². The number of nitrogens with two attached hydrogens (primary N) is 1. The lowest BCUT2D eigenvalue weighted by molar-refractivity contribution is 0.616. The molecule has 0 amide bonds. The van der Waals surface area contributed by atoms with Gasteiger partial charge in [0.05, 0.1) is 12.2 Å². The van der Waals surface area contributed by atoms with Crippen molar-refractivity contribution in [2.75, 3.05) is 0 Å². The van der Waals surface area contributed by atoms with E-state index < -0.39 is 0 Å². The van der Waals surface area contributed by atoms with Crippen molar-refractivity contribution in [2.45, 2.75) is 19.4 Å². The molecule has 2 N–H and O–H groups in total. The van der Waals surface area contributed by atoms with Crippen molar-refractivity contribution >= 4 is 11.3 Å². The van der Waals surface area contributed by atoms with Crippen molar-refractivity contribution in [3.63, 3.8) is 0 Å². The summed E-state index contributed by atoms with van der Waals surface area (Å²) in [5, 5.41) is 0. The fourth-order valence-corrected chi connectivity index (χ4v) is 2.50. The molecular formula is C12H13FN2S. The summed E-state index contributed by atoms with van der Waals surface area (Å²) in [6.07, 6.45) is 3.79. The Bertz CT molecular complexity index is 481. The predicted octanol–water partition coefficient (Wildman–Crippen LogP) is 2.89. The zero-order chi connectivity index (χ0) is 11.5. The van der Waals surface area contributed by atoms with E-state index in [2.05, 4.69) is 18.0 Å². The first-order chi connectivity index (χ1) is 7.70. The Morgan fingerprint density at radius 2 is 2.25 bits per heavy atom. The van der Waals surface area contributed by atoms with E-state index in [1.165, 1.54) is 17.1 Å². The van der Waals surface area contributed by atoms with Crippen LogP contribution in [0.25, 0.3) is 0 Å². The molecule has 2 aromatic heterocycles. The summed E-state index contributed by atoms with van der Waals surface area (Å²) in [5.41, 5.74) is 6.77. The molecule has 0 fully saturated rings. The van der Waals surface area contributed by atoms with Gasteiger partial charge in [0.15, 0.2) is 0 Å². The van der Waals surface area contributed by atoms with Crippen LogP contribution >= 0.6 is 11.3 Å². The summed E-state index contributed by atoms with van der Waals surface area (Å²) >= 11 is 1.67. The molecule has 84 valence electrons. The highest BCUT2D eigenvalue weighted by Crippen LogP contribution is 2.26. The monoisotopic (exact) mass is 236 g/mol. The van der Waals surface area contributed by atoms with E-state index in [4.69, 9.17) is 5.73 Å². The van der Waals surface area contributed by atoms with E-state index in [0.717, 1.165) is 11.3 Å². The largest absolute Gasteiger partial charge is 0.320 e. The molecule has 2 heterocycles. The van der Waals surface area contributed by atoms with E-state index >= 15 is 0 Å². The number of hydrogen-bond acceptors (Lipinski definition) is 3. The summed E-state index contributed by atoms with van der Waals surface area (Å²) in [6, 6.07) is 5.21. The van der Waals surface area contributed by atoms with Crippen molar-refractivity contribution in [2.24, 2.45) is 5.73 Å². The molecule has 0 saturated carbocycles. The highest BCUT2D eigenvalue weighted by Gasteiger charge is 2.12. The standard InChI is InChI=1S/C12H13FN2S/c1-2-10-3-4-11(16-10)12(14)8-5-9(13)7-15-6-8/h3-7,12H,2,14H2,1H3. The van der Waals surface area contributed by atoms with Gasteiger partial charge in [-0.1, -0.05) is 6.92 Å². The van der Waals surface area contributed by atoms with Crippen LogP contribution in [0.1, 0.15) is 28.3 Å². The minimum Gasteiger partial charge on any atom is -0.320 e. The first kappa shape index (κ1) is 11.2. The van der Waals surface area contributed by atoms with Crippen LogP contribution in [0.5, 0.6) is 0 Å². The quantitative estimate of drug-likeness (QED) is 0.890. The molecule has 0 saturated heterocycles. The molecule has 16 heavy (non-hydrogen) atoms. The molecule has 1 unspecified atom stereocenters. The lowest BCUT2D eigenvalue weighted by atomic mass is 10.1. The minimum absolute atomic E-state index is 0.284. The zero-order valence-electron chi connectivity index (χ0n) is 8.98. The lowest BCUT2D eigenvalue weighted by Crippen LogP contribution is -2.10. The summed E-state index contributed by atoms with van der Waals surface area (Å²) in [7, 11) is 0. The molecule has 2 rings (SSSR count). The van der Waals surface area contributed by atoms with Crippen molar-refractivity contribution < 1.29 is 4.39 Å². The van der Waals surface area contributed by atoms with Crippen LogP contribution in [0.3, 0.4) is 0 Å². The molecule has 0 spiro atoms. The molecule has 0 aromatic carbocycles. The van der Waals surface area contributed by atoms with Crippen LogP contribution in [-0.2, 0) is 6.42 Å². The van der Waals surface area contributed by atoms with Crippen LogP contribution < -0.4 is 5.73 Å². The van der Waals surface area contributed by atoms with Crippen molar-refractivity contribution in [1.82, 2.24) is 4.98 Å².